The largest absolute Gasteiger partial charge is 0.416 e. The van der Waals surface area contributed by atoms with Crippen molar-refractivity contribution in [2.45, 2.75) is 24.8 Å². The van der Waals surface area contributed by atoms with Crippen molar-refractivity contribution in [3.8, 4) is 0 Å². The van der Waals surface area contributed by atoms with E-state index in [0.717, 1.165) is 30.8 Å². The molecular formula is C20H21ClF6N2. The summed E-state index contributed by atoms with van der Waals surface area (Å²) in [6.07, 6.45) is -9.66. The van der Waals surface area contributed by atoms with Gasteiger partial charge in [0, 0.05) is 25.6 Å². The molecule has 1 aliphatic heterocycles. The number of benzene rings is 2. The second-order valence-corrected chi connectivity index (χ2v) is 6.98. The lowest BCUT2D eigenvalue weighted by atomic mass is 9.89. The molecule has 0 bridgehead atoms. The molecule has 1 fully saturated rings. The highest BCUT2D eigenvalue weighted by molar-refractivity contribution is 5.85. The Morgan fingerprint density at radius 3 is 2.00 bits per heavy atom. The molecule has 2 nitrogen and oxygen atoms in total. The zero-order valence-corrected chi connectivity index (χ0v) is 16.1. The number of halogens is 7. The van der Waals surface area contributed by atoms with Crippen molar-refractivity contribution in [2.75, 3.05) is 19.6 Å². The maximum absolute atomic E-state index is 12.9. The van der Waals surface area contributed by atoms with Crippen molar-refractivity contribution in [2.24, 2.45) is 5.92 Å². The van der Waals surface area contributed by atoms with E-state index in [1.165, 1.54) is 0 Å². The minimum absolute atomic E-state index is 0. The zero-order valence-electron chi connectivity index (χ0n) is 15.3. The predicted octanol–water partition coefficient (Wildman–Crippen LogP) is 5.24. The zero-order chi connectivity index (χ0) is 20.4. The molecule has 2 atom stereocenters. The van der Waals surface area contributed by atoms with E-state index in [2.05, 4.69) is 10.6 Å². The van der Waals surface area contributed by atoms with Gasteiger partial charge in [0.05, 0.1) is 11.1 Å². The first-order valence-electron chi connectivity index (χ1n) is 8.89. The molecule has 0 spiro atoms. The summed E-state index contributed by atoms with van der Waals surface area (Å²) >= 11 is 0. The Labute approximate surface area is 171 Å². The van der Waals surface area contributed by atoms with Crippen molar-refractivity contribution in [3.05, 3.63) is 70.8 Å². The molecule has 0 aromatic heterocycles. The van der Waals surface area contributed by atoms with Crippen LogP contribution >= 0.6 is 12.4 Å². The van der Waals surface area contributed by atoms with Crippen LogP contribution in [-0.2, 0) is 18.9 Å². The minimum atomic E-state index is -4.83. The monoisotopic (exact) mass is 438 g/mol. The standard InChI is InChI=1S/C20H20F6N2.ClH/c21-19(22,23)16-6-13(7-17(8-16)20(24,25)26)9-27-10-15-11-28-12-18(15)14-4-2-1-3-5-14;/h1-8,15,18,27-28H,9-12H2;1H/t15-,18-;/m0./s1. The summed E-state index contributed by atoms with van der Waals surface area (Å²) in [6.45, 7) is 1.95. The molecule has 2 aromatic carbocycles. The van der Waals surface area contributed by atoms with Gasteiger partial charge >= 0.3 is 12.4 Å². The summed E-state index contributed by atoms with van der Waals surface area (Å²) in [4.78, 5) is 0. The highest BCUT2D eigenvalue weighted by Crippen LogP contribution is 2.36. The maximum atomic E-state index is 12.9. The van der Waals surface area contributed by atoms with Gasteiger partial charge in [0.15, 0.2) is 0 Å². The smallest absolute Gasteiger partial charge is 0.316 e. The summed E-state index contributed by atoms with van der Waals surface area (Å²) in [5.74, 6) is 0.455. The Bertz CT molecular complexity index is 760. The predicted molar refractivity (Wildman–Crippen MR) is 101 cm³/mol. The fraction of sp³-hybridized carbons (Fsp3) is 0.400. The van der Waals surface area contributed by atoms with E-state index in [0.29, 0.717) is 6.54 Å². The maximum Gasteiger partial charge on any atom is 0.416 e. The van der Waals surface area contributed by atoms with Gasteiger partial charge in [0.1, 0.15) is 0 Å². The number of nitrogens with one attached hydrogen (secondary N) is 2. The van der Waals surface area contributed by atoms with E-state index < -0.39 is 23.5 Å². The van der Waals surface area contributed by atoms with E-state index in [-0.39, 0.29) is 42.4 Å². The average molecular weight is 439 g/mol. The van der Waals surface area contributed by atoms with Crippen LogP contribution in [0.3, 0.4) is 0 Å². The highest BCUT2D eigenvalue weighted by Gasteiger charge is 2.37. The number of rotatable bonds is 5. The van der Waals surface area contributed by atoms with Gasteiger partial charge in [-0.3, -0.25) is 0 Å². The van der Waals surface area contributed by atoms with Crippen LogP contribution in [0.25, 0.3) is 0 Å². The van der Waals surface area contributed by atoms with Gasteiger partial charge in [0.2, 0.25) is 0 Å². The van der Waals surface area contributed by atoms with Gasteiger partial charge < -0.3 is 10.6 Å². The molecule has 0 saturated carbocycles. The van der Waals surface area contributed by atoms with Crippen molar-refractivity contribution in [1.29, 1.82) is 0 Å². The van der Waals surface area contributed by atoms with Crippen molar-refractivity contribution in [1.82, 2.24) is 10.6 Å². The van der Waals surface area contributed by atoms with Crippen LogP contribution in [0.5, 0.6) is 0 Å². The Balaban J connectivity index is 0.00000300. The lowest BCUT2D eigenvalue weighted by Crippen LogP contribution is -2.27. The van der Waals surface area contributed by atoms with Gasteiger partial charge in [0.25, 0.3) is 0 Å². The molecule has 2 N–H and O–H groups in total. The van der Waals surface area contributed by atoms with Crippen molar-refractivity contribution < 1.29 is 26.3 Å². The second kappa shape index (κ2) is 9.36. The van der Waals surface area contributed by atoms with Crippen LogP contribution < -0.4 is 10.6 Å². The molecule has 1 saturated heterocycles. The summed E-state index contributed by atoms with van der Waals surface area (Å²) in [6, 6.07) is 11.5. The Kier molecular flexibility index (Phi) is 7.59. The lowest BCUT2D eigenvalue weighted by Gasteiger charge is -2.20. The summed E-state index contributed by atoms with van der Waals surface area (Å²) < 4.78 is 77.7. The molecule has 0 radical (unpaired) electrons. The molecule has 0 aliphatic carbocycles. The van der Waals surface area contributed by atoms with Crippen LogP contribution in [0.1, 0.15) is 28.2 Å². The van der Waals surface area contributed by atoms with Crippen LogP contribution in [-0.4, -0.2) is 19.6 Å². The fourth-order valence-corrected chi connectivity index (χ4v) is 3.56. The van der Waals surface area contributed by atoms with Gasteiger partial charge in [-0.25, -0.2) is 0 Å². The first kappa shape index (κ1) is 23.5. The number of hydrogen-bond acceptors (Lipinski definition) is 2. The molecule has 3 rings (SSSR count). The van der Waals surface area contributed by atoms with Crippen molar-refractivity contribution >= 4 is 12.4 Å². The number of hydrogen-bond donors (Lipinski definition) is 2. The SMILES string of the molecule is Cl.FC(F)(F)c1cc(CNC[C@H]2CNC[C@H]2c2ccccc2)cc(C(F)(F)F)c1. The topological polar surface area (TPSA) is 24.1 Å². The summed E-state index contributed by atoms with van der Waals surface area (Å²) in [5.41, 5.74) is -1.45. The minimum Gasteiger partial charge on any atom is -0.316 e. The third kappa shape index (κ3) is 6.10. The Hall–Kier alpha value is -1.77. The van der Waals surface area contributed by atoms with Gasteiger partial charge in [-0.15, -0.1) is 12.4 Å². The van der Waals surface area contributed by atoms with E-state index in [9.17, 15) is 26.3 Å². The molecule has 29 heavy (non-hydrogen) atoms. The molecule has 2 aromatic rings. The van der Waals surface area contributed by atoms with Crippen LogP contribution in [0.2, 0.25) is 0 Å². The van der Waals surface area contributed by atoms with Crippen LogP contribution in [0, 0.1) is 5.92 Å². The van der Waals surface area contributed by atoms with Gasteiger partial charge in [-0.05, 0) is 41.8 Å². The third-order valence-corrected chi connectivity index (χ3v) is 4.95. The Morgan fingerprint density at radius 1 is 0.862 bits per heavy atom. The molecule has 0 unspecified atom stereocenters. The van der Waals surface area contributed by atoms with E-state index in [1.807, 2.05) is 30.3 Å². The van der Waals surface area contributed by atoms with E-state index >= 15 is 0 Å². The number of alkyl halides is 6. The molecule has 1 aliphatic rings. The second-order valence-electron chi connectivity index (χ2n) is 6.98. The fourth-order valence-electron chi connectivity index (χ4n) is 3.56. The molecular weight excluding hydrogens is 418 g/mol. The van der Waals surface area contributed by atoms with Gasteiger partial charge in [-0.1, -0.05) is 30.3 Å². The first-order chi connectivity index (χ1) is 13.1. The molecule has 1 heterocycles. The highest BCUT2D eigenvalue weighted by atomic mass is 35.5. The van der Waals surface area contributed by atoms with Crippen LogP contribution in [0.15, 0.2) is 48.5 Å². The summed E-state index contributed by atoms with van der Waals surface area (Å²) in [5, 5.41) is 6.32. The average Bonchev–Trinajstić information content (AvgIpc) is 3.09. The van der Waals surface area contributed by atoms with Crippen LogP contribution in [0.4, 0.5) is 26.3 Å². The van der Waals surface area contributed by atoms with E-state index in [1.54, 1.807) is 0 Å². The van der Waals surface area contributed by atoms with Gasteiger partial charge in [-0.2, -0.15) is 26.3 Å². The third-order valence-electron chi connectivity index (χ3n) is 4.95. The van der Waals surface area contributed by atoms with E-state index in [4.69, 9.17) is 0 Å². The Morgan fingerprint density at radius 2 is 1.45 bits per heavy atom. The lowest BCUT2D eigenvalue weighted by molar-refractivity contribution is -0.143. The quantitative estimate of drug-likeness (QED) is 0.624. The molecule has 9 heteroatoms. The molecule has 160 valence electrons. The summed E-state index contributed by atoms with van der Waals surface area (Å²) in [7, 11) is 0. The van der Waals surface area contributed by atoms with Crippen molar-refractivity contribution in [3.63, 3.8) is 0 Å². The molecule has 0 amide bonds. The first-order valence-corrected chi connectivity index (χ1v) is 8.89. The normalized spacial score (nSPS) is 19.8.